The van der Waals surface area contributed by atoms with Crippen molar-refractivity contribution in [3.05, 3.63) is 46.5 Å². The van der Waals surface area contributed by atoms with E-state index in [1.807, 2.05) is 11.9 Å². The van der Waals surface area contributed by atoms with Crippen LogP contribution < -0.4 is 11.1 Å². The number of aryl methyl sites for hydroxylation is 1. The molecule has 1 saturated heterocycles. The van der Waals surface area contributed by atoms with E-state index in [0.717, 1.165) is 45.3 Å². The van der Waals surface area contributed by atoms with E-state index in [1.165, 1.54) is 28.7 Å². The van der Waals surface area contributed by atoms with Gasteiger partial charge in [0.15, 0.2) is 5.13 Å². The number of nitrogens with two attached hydrogens (primary N) is 1. The molecular weight excluding hydrogens is 398 g/mol. The highest BCUT2D eigenvalue weighted by molar-refractivity contribution is 7.17. The average Bonchev–Trinajstić information content (AvgIpc) is 2.94. The minimum atomic E-state index is -0.142. The molecule has 0 spiro atoms. The van der Waals surface area contributed by atoms with Crippen LogP contribution in [0.1, 0.15) is 40.1 Å². The highest BCUT2D eigenvalue weighted by Crippen LogP contribution is 2.24. The van der Waals surface area contributed by atoms with E-state index >= 15 is 0 Å². The molecule has 2 amide bonds. The summed E-state index contributed by atoms with van der Waals surface area (Å²) in [4.78, 5) is 34.5. The summed E-state index contributed by atoms with van der Waals surface area (Å²) in [5, 5.41) is 3.48. The number of anilines is 1. The molecule has 7 nitrogen and oxygen atoms in total. The van der Waals surface area contributed by atoms with Crippen molar-refractivity contribution in [2.45, 2.75) is 38.3 Å². The maximum atomic E-state index is 13.4. The predicted octanol–water partition coefficient (Wildman–Crippen LogP) is 2.14. The van der Waals surface area contributed by atoms with Crippen LogP contribution >= 0.6 is 11.3 Å². The normalized spacial score (nSPS) is 22.6. The molecular formula is C22H29N5O2S. The Hall–Kier alpha value is -2.45. The van der Waals surface area contributed by atoms with Crippen LogP contribution in [0.5, 0.6) is 0 Å². The fourth-order valence-corrected chi connectivity index (χ4v) is 5.12. The number of hydrogen-bond acceptors (Lipinski definition) is 6. The van der Waals surface area contributed by atoms with E-state index in [0.29, 0.717) is 16.6 Å². The van der Waals surface area contributed by atoms with Gasteiger partial charge >= 0.3 is 0 Å². The molecule has 0 aliphatic carbocycles. The lowest BCUT2D eigenvalue weighted by Crippen LogP contribution is -2.42. The van der Waals surface area contributed by atoms with E-state index in [-0.39, 0.29) is 23.8 Å². The van der Waals surface area contributed by atoms with Gasteiger partial charge in [-0.3, -0.25) is 9.59 Å². The maximum absolute atomic E-state index is 13.4. The first-order valence-electron chi connectivity index (χ1n) is 10.6. The van der Waals surface area contributed by atoms with Crippen LogP contribution in [0.2, 0.25) is 0 Å². The topological polar surface area (TPSA) is 91.6 Å². The molecule has 1 aromatic carbocycles. The Kier molecular flexibility index (Phi) is 6.34. The number of nitrogens with zero attached hydrogens (tertiary/aromatic N) is 3. The molecule has 0 radical (unpaired) electrons. The average molecular weight is 428 g/mol. The SMILES string of the molecule is CN1C[C@@H](NC(=O)c2cnc(N)s2)CC[C@@H](C(=O)N2CCCc3ccccc3C2)C1. The number of thiazole rings is 1. The fraction of sp³-hybridized carbons (Fsp3) is 0.500. The van der Waals surface area contributed by atoms with Crippen molar-refractivity contribution in [3.8, 4) is 0 Å². The molecule has 4 rings (SSSR count). The van der Waals surface area contributed by atoms with Crippen molar-refractivity contribution in [1.29, 1.82) is 0 Å². The molecule has 160 valence electrons. The summed E-state index contributed by atoms with van der Waals surface area (Å²) in [6, 6.07) is 8.44. The monoisotopic (exact) mass is 427 g/mol. The van der Waals surface area contributed by atoms with Crippen molar-refractivity contribution in [3.63, 3.8) is 0 Å². The van der Waals surface area contributed by atoms with E-state index in [9.17, 15) is 9.59 Å². The van der Waals surface area contributed by atoms with Gasteiger partial charge in [-0.1, -0.05) is 35.6 Å². The molecule has 2 aliphatic heterocycles. The molecule has 3 N–H and O–H groups in total. The second-order valence-electron chi connectivity index (χ2n) is 8.36. The van der Waals surface area contributed by atoms with E-state index in [1.54, 1.807) is 0 Å². The highest BCUT2D eigenvalue weighted by Gasteiger charge is 2.31. The van der Waals surface area contributed by atoms with Crippen LogP contribution in [0, 0.1) is 5.92 Å². The Balaban J connectivity index is 1.38. The molecule has 1 aromatic heterocycles. The van der Waals surface area contributed by atoms with Gasteiger partial charge in [0.05, 0.1) is 12.1 Å². The van der Waals surface area contributed by atoms with Crippen LogP contribution in [0.4, 0.5) is 5.13 Å². The van der Waals surface area contributed by atoms with Gasteiger partial charge in [-0.25, -0.2) is 4.98 Å². The lowest BCUT2D eigenvalue weighted by Gasteiger charge is -2.27. The number of benzene rings is 1. The van der Waals surface area contributed by atoms with Gasteiger partial charge in [0, 0.05) is 32.2 Å². The fourth-order valence-electron chi connectivity index (χ4n) is 4.53. The summed E-state index contributed by atoms with van der Waals surface area (Å²) in [6.45, 7) is 2.95. The zero-order valence-corrected chi connectivity index (χ0v) is 18.2. The number of rotatable bonds is 3. The van der Waals surface area contributed by atoms with Crippen LogP contribution in [0.3, 0.4) is 0 Å². The predicted molar refractivity (Wildman–Crippen MR) is 118 cm³/mol. The molecule has 2 aliphatic rings. The van der Waals surface area contributed by atoms with Crippen molar-refractivity contribution in [2.24, 2.45) is 5.92 Å². The van der Waals surface area contributed by atoms with Crippen molar-refractivity contribution >= 4 is 28.3 Å². The van der Waals surface area contributed by atoms with E-state index in [2.05, 4.69) is 39.5 Å². The summed E-state index contributed by atoms with van der Waals surface area (Å²) in [5.41, 5.74) is 8.26. The second-order valence-corrected chi connectivity index (χ2v) is 9.42. The Morgan fingerprint density at radius 1 is 1.20 bits per heavy atom. The van der Waals surface area contributed by atoms with Crippen molar-refractivity contribution in [2.75, 3.05) is 32.4 Å². The van der Waals surface area contributed by atoms with Crippen LogP contribution in [-0.4, -0.2) is 59.3 Å². The van der Waals surface area contributed by atoms with Crippen LogP contribution in [0.15, 0.2) is 30.5 Å². The second kappa shape index (κ2) is 9.14. The van der Waals surface area contributed by atoms with Crippen LogP contribution in [-0.2, 0) is 17.8 Å². The lowest BCUT2D eigenvalue weighted by molar-refractivity contribution is -0.136. The molecule has 0 bridgehead atoms. The number of nitrogens with one attached hydrogen (secondary N) is 1. The quantitative estimate of drug-likeness (QED) is 0.783. The third-order valence-electron chi connectivity index (χ3n) is 6.02. The van der Waals surface area contributed by atoms with Gasteiger partial charge in [-0.05, 0) is 43.9 Å². The number of likely N-dealkylation sites (tertiary alicyclic amines) is 1. The number of hydrogen-bond donors (Lipinski definition) is 2. The number of likely N-dealkylation sites (N-methyl/N-ethyl adjacent to an activating group) is 1. The molecule has 0 unspecified atom stereocenters. The molecule has 8 heteroatoms. The Morgan fingerprint density at radius 3 is 2.77 bits per heavy atom. The number of carbonyl (C=O) groups is 2. The summed E-state index contributed by atoms with van der Waals surface area (Å²) >= 11 is 1.19. The first kappa shape index (κ1) is 20.8. The standard InChI is InChI=1S/C22H29N5O2S/c1-26-12-17(8-9-18(14-26)25-20(28)19-11-24-22(23)30-19)21(29)27-10-4-7-15-5-2-3-6-16(15)13-27/h2-3,5-6,11,17-18H,4,7-10,12-14H2,1H3,(H2,23,24)(H,25,28)/t17-,18+/m1/s1. The van der Waals surface area contributed by atoms with Gasteiger partial charge in [-0.15, -0.1) is 0 Å². The number of aromatic nitrogens is 1. The molecule has 2 atom stereocenters. The lowest BCUT2D eigenvalue weighted by atomic mass is 9.99. The molecule has 30 heavy (non-hydrogen) atoms. The van der Waals surface area contributed by atoms with Gasteiger partial charge in [0.2, 0.25) is 5.91 Å². The first-order chi connectivity index (χ1) is 14.5. The van der Waals surface area contributed by atoms with E-state index < -0.39 is 0 Å². The highest BCUT2D eigenvalue weighted by atomic mass is 32.1. The third kappa shape index (κ3) is 4.82. The minimum absolute atomic E-state index is 0.00786. The molecule has 0 saturated carbocycles. The molecule has 3 heterocycles. The zero-order chi connectivity index (χ0) is 21.1. The smallest absolute Gasteiger partial charge is 0.263 e. The molecule has 1 fully saturated rings. The Morgan fingerprint density at radius 2 is 2.00 bits per heavy atom. The van der Waals surface area contributed by atoms with Crippen LogP contribution in [0.25, 0.3) is 0 Å². The largest absolute Gasteiger partial charge is 0.375 e. The maximum Gasteiger partial charge on any atom is 0.263 e. The number of carbonyl (C=O) groups excluding carboxylic acids is 2. The van der Waals surface area contributed by atoms with Gasteiger partial charge in [0.25, 0.3) is 5.91 Å². The Labute approximate surface area is 181 Å². The summed E-state index contributed by atoms with van der Waals surface area (Å²) in [6.07, 6.45) is 5.10. The first-order valence-corrected chi connectivity index (χ1v) is 11.4. The van der Waals surface area contributed by atoms with Gasteiger partial charge in [-0.2, -0.15) is 0 Å². The number of amides is 2. The summed E-state index contributed by atoms with van der Waals surface area (Å²) in [7, 11) is 2.02. The molecule has 2 aromatic rings. The Bertz CT molecular complexity index is 914. The number of fused-ring (bicyclic) bond motifs is 1. The summed E-state index contributed by atoms with van der Waals surface area (Å²) < 4.78 is 0. The van der Waals surface area contributed by atoms with Gasteiger partial charge < -0.3 is 20.9 Å². The van der Waals surface area contributed by atoms with Crippen molar-refractivity contribution in [1.82, 2.24) is 20.1 Å². The minimum Gasteiger partial charge on any atom is -0.375 e. The van der Waals surface area contributed by atoms with Gasteiger partial charge in [0.1, 0.15) is 4.88 Å². The van der Waals surface area contributed by atoms with Crippen molar-refractivity contribution < 1.29 is 9.59 Å². The summed E-state index contributed by atoms with van der Waals surface area (Å²) in [5.74, 6) is 0.0541. The van der Waals surface area contributed by atoms with E-state index in [4.69, 9.17) is 5.73 Å². The third-order valence-corrected chi connectivity index (χ3v) is 6.85. The number of nitrogen functional groups attached to an aromatic ring is 1. The zero-order valence-electron chi connectivity index (χ0n) is 17.3.